The molecule has 0 aromatic heterocycles. The summed E-state index contributed by atoms with van der Waals surface area (Å²) in [6.07, 6.45) is 6.93. The summed E-state index contributed by atoms with van der Waals surface area (Å²) in [6.45, 7) is 4.31. The molecule has 0 spiro atoms. The lowest BCUT2D eigenvalue weighted by Gasteiger charge is -2.26. The molecule has 1 N–H and O–H groups in total. The predicted octanol–water partition coefficient (Wildman–Crippen LogP) is 1.01. The second kappa shape index (κ2) is 8.29. The van der Waals surface area contributed by atoms with E-state index in [2.05, 4.69) is 6.58 Å². The van der Waals surface area contributed by atoms with Gasteiger partial charge in [0, 0.05) is 10.1 Å². The first kappa shape index (κ1) is 21.3. The van der Waals surface area contributed by atoms with Crippen molar-refractivity contribution in [1.29, 1.82) is 0 Å². The zero-order chi connectivity index (χ0) is 21.6. The monoisotopic (exact) mass is 452 g/mol. The number of amides is 4. The molecule has 5 atom stereocenters. The number of imide groups is 2. The zero-order valence-corrected chi connectivity index (χ0v) is 18.0. The molecule has 0 bridgehead atoms. The van der Waals surface area contributed by atoms with Crippen LogP contribution in [0, 0.1) is 23.7 Å². The van der Waals surface area contributed by atoms with Crippen LogP contribution in [0.2, 0.25) is 0 Å². The smallest absolute Gasteiger partial charge is 0.237 e. The average molecular weight is 453 g/mol. The highest BCUT2D eigenvalue weighted by Crippen LogP contribution is 2.39. The number of quaternary nitrogens is 1. The molecule has 1 unspecified atom stereocenters. The molecule has 160 valence electrons. The van der Waals surface area contributed by atoms with Crippen LogP contribution < -0.4 is 4.90 Å². The molecule has 2 saturated heterocycles. The maximum atomic E-state index is 12.9. The molecule has 2 heterocycles. The van der Waals surface area contributed by atoms with Crippen molar-refractivity contribution in [3.8, 4) is 0 Å². The maximum absolute atomic E-state index is 12.9. The van der Waals surface area contributed by atoms with Crippen LogP contribution in [-0.2, 0) is 19.2 Å². The number of nitrogens with one attached hydrogen (secondary N) is 1. The van der Waals surface area contributed by atoms with Crippen molar-refractivity contribution < 1.29 is 24.1 Å². The SMILES string of the molecule is C=CC[NH+](CN1C(=O)[C@H]2CC(Cl)=CC[C@H]2C1=O)CN1C(=O)[C@H]2CC=C(Cl)C[C@H]2C1=O. The first-order valence-corrected chi connectivity index (χ1v) is 10.9. The van der Waals surface area contributed by atoms with E-state index in [-0.39, 0.29) is 48.8 Å². The van der Waals surface area contributed by atoms with Crippen molar-refractivity contribution in [3.05, 3.63) is 34.9 Å². The summed E-state index contributed by atoms with van der Waals surface area (Å²) >= 11 is 12.2. The lowest BCUT2D eigenvalue weighted by atomic mass is 9.85. The second-order valence-electron chi connectivity index (χ2n) is 8.38. The summed E-state index contributed by atoms with van der Waals surface area (Å²) in [7, 11) is 0. The Bertz CT molecular complexity index is 817. The van der Waals surface area contributed by atoms with Crippen LogP contribution in [0.25, 0.3) is 0 Å². The number of hydrogen-bond acceptors (Lipinski definition) is 4. The molecule has 0 radical (unpaired) electrons. The minimum Gasteiger partial charge on any atom is -0.297 e. The normalized spacial score (nSPS) is 32.1. The predicted molar refractivity (Wildman–Crippen MR) is 110 cm³/mol. The number of allylic oxidation sites excluding steroid dienone is 4. The van der Waals surface area contributed by atoms with Gasteiger partial charge in [-0.25, -0.2) is 9.80 Å². The van der Waals surface area contributed by atoms with Crippen molar-refractivity contribution in [1.82, 2.24) is 9.80 Å². The van der Waals surface area contributed by atoms with E-state index in [0.29, 0.717) is 42.3 Å². The zero-order valence-electron chi connectivity index (χ0n) is 16.5. The van der Waals surface area contributed by atoms with Crippen LogP contribution in [0.4, 0.5) is 0 Å². The Labute approximate surface area is 184 Å². The van der Waals surface area contributed by atoms with Gasteiger partial charge in [0.15, 0.2) is 13.3 Å². The molecular weight excluding hydrogens is 429 g/mol. The minimum absolute atomic E-state index is 0.0830. The molecule has 0 aromatic rings. The van der Waals surface area contributed by atoms with Crippen molar-refractivity contribution in [2.24, 2.45) is 23.7 Å². The fourth-order valence-electron chi connectivity index (χ4n) is 4.93. The van der Waals surface area contributed by atoms with Gasteiger partial charge in [-0.1, -0.05) is 41.9 Å². The summed E-state index contributed by atoms with van der Waals surface area (Å²) in [5.41, 5.74) is 0. The Hall–Kier alpha value is -1.96. The number of fused-ring (bicyclic) bond motifs is 2. The molecule has 4 rings (SSSR count). The van der Waals surface area contributed by atoms with E-state index in [0.717, 1.165) is 4.90 Å². The van der Waals surface area contributed by atoms with E-state index in [9.17, 15) is 19.2 Å². The molecule has 2 aliphatic heterocycles. The molecule has 0 aromatic carbocycles. The Balaban J connectivity index is 1.47. The molecule has 9 heteroatoms. The highest BCUT2D eigenvalue weighted by molar-refractivity contribution is 6.30. The van der Waals surface area contributed by atoms with Gasteiger partial charge in [0.2, 0.25) is 23.6 Å². The molecule has 0 saturated carbocycles. The van der Waals surface area contributed by atoms with Crippen molar-refractivity contribution >= 4 is 46.8 Å². The first-order chi connectivity index (χ1) is 14.3. The highest BCUT2D eigenvalue weighted by atomic mass is 35.5. The average Bonchev–Trinajstić information content (AvgIpc) is 3.08. The molecule has 2 aliphatic carbocycles. The van der Waals surface area contributed by atoms with Crippen molar-refractivity contribution in [2.75, 3.05) is 19.9 Å². The van der Waals surface area contributed by atoms with E-state index in [1.807, 2.05) is 0 Å². The topological polar surface area (TPSA) is 79.2 Å². The fourth-order valence-corrected chi connectivity index (χ4v) is 5.44. The van der Waals surface area contributed by atoms with Crippen LogP contribution in [-0.4, -0.2) is 53.3 Å². The van der Waals surface area contributed by atoms with Crippen LogP contribution in [0.1, 0.15) is 25.7 Å². The molecule has 7 nitrogen and oxygen atoms in total. The van der Waals surface area contributed by atoms with Crippen LogP contribution in [0.15, 0.2) is 34.9 Å². The summed E-state index contributed by atoms with van der Waals surface area (Å²) in [6, 6.07) is 0. The van der Waals surface area contributed by atoms with E-state index in [4.69, 9.17) is 23.2 Å². The number of carbonyl (C=O) groups is 4. The molecule has 30 heavy (non-hydrogen) atoms. The van der Waals surface area contributed by atoms with E-state index >= 15 is 0 Å². The number of nitrogens with zero attached hydrogens (tertiary/aromatic N) is 2. The number of likely N-dealkylation sites (tertiary alicyclic amines) is 2. The van der Waals surface area contributed by atoms with E-state index in [1.54, 1.807) is 18.2 Å². The van der Waals surface area contributed by atoms with Gasteiger partial charge in [-0.15, -0.1) is 0 Å². The number of hydrogen-bond donors (Lipinski definition) is 1. The largest absolute Gasteiger partial charge is 0.297 e. The Morgan fingerprint density at radius 2 is 1.23 bits per heavy atom. The van der Waals surface area contributed by atoms with Gasteiger partial charge in [-0.05, 0) is 31.8 Å². The maximum Gasteiger partial charge on any atom is 0.237 e. The van der Waals surface area contributed by atoms with Gasteiger partial charge >= 0.3 is 0 Å². The molecule has 2 fully saturated rings. The Kier molecular flexibility index (Phi) is 5.88. The third kappa shape index (κ3) is 3.63. The standard InChI is InChI=1S/C21H23Cl2N3O4/c1-2-7-24(10-25-18(27)14-5-3-12(22)8-16(14)20(25)29)11-26-19(28)15-6-4-13(23)9-17(15)21(26)30/h2-4,14-17H,1,5-11H2/p+1/t14-,15+,16+,17-. The summed E-state index contributed by atoms with van der Waals surface area (Å²) in [5.74, 6) is -2.50. The van der Waals surface area contributed by atoms with E-state index < -0.39 is 11.8 Å². The van der Waals surface area contributed by atoms with Gasteiger partial charge in [0.05, 0.1) is 30.2 Å². The van der Waals surface area contributed by atoms with Crippen molar-refractivity contribution in [2.45, 2.75) is 25.7 Å². The summed E-state index contributed by atoms with van der Waals surface area (Å²) in [5, 5.41) is 1.22. The fraction of sp³-hybridized carbons (Fsp3) is 0.524. The Morgan fingerprint density at radius 1 is 0.833 bits per heavy atom. The highest BCUT2D eigenvalue weighted by Gasteiger charge is 2.51. The third-order valence-corrected chi connectivity index (χ3v) is 7.13. The van der Waals surface area contributed by atoms with Gasteiger partial charge in [-0.2, -0.15) is 0 Å². The summed E-state index contributed by atoms with van der Waals surface area (Å²) < 4.78 is 0. The van der Waals surface area contributed by atoms with Gasteiger partial charge in [-0.3, -0.25) is 24.1 Å². The van der Waals surface area contributed by atoms with Crippen molar-refractivity contribution in [3.63, 3.8) is 0 Å². The quantitative estimate of drug-likeness (QED) is 0.481. The lowest BCUT2D eigenvalue weighted by molar-refractivity contribution is -0.909. The minimum atomic E-state index is -0.425. The molecule has 4 aliphatic rings. The van der Waals surface area contributed by atoms with E-state index in [1.165, 1.54) is 9.80 Å². The molecule has 4 amide bonds. The first-order valence-electron chi connectivity index (χ1n) is 10.2. The number of halogens is 2. The number of rotatable bonds is 6. The molecular formula is C21H24Cl2N3O4+. The lowest BCUT2D eigenvalue weighted by Crippen LogP contribution is -3.15. The Morgan fingerprint density at radius 3 is 1.63 bits per heavy atom. The number of carbonyl (C=O) groups excluding carboxylic acids is 4. The van der Waals surface area contributed by atoms with Gasteiger partial charge in [0.1, 0.15) is 0 Å². The van der Waals surface area contributed by atoms with Crippen LogP contribution in [0.5, 0.6) is 0 Å². The van der Waals surface area contributed by atoms with Crippen LogP contribution in [0.3, 0.4) is 0 Å². The summed E-state index contributed by atoms with van der Waals surface area (Å²) in [4.78, 5) is 54.6. The van der Waals surface area contributed by atoms with Crippen LogP contribution >= 0.6 is 23.2 Å². The third-order valence-electron chi connectivity index (χ3n) is 6.52. The van der Waals surface area contributed by atoms with Gasteiger partial charge in [0.25, 0.3) is 0 Å². The van der Waals surface area contributed by atoms with Gasteiger partial charge < -0.3 is 0 Å². The second-order valence-corrected chi connectivity index (χ2v) is 9.35.